The summed E-state index contributed by atoms with van der Waals surface area (Å²) in [6, 6.07) is 6.73. The molecule has 0 saturated carbocycles. The van der Waals surface area contributed by atoms with Crippen LogP contribution in [0.5, 0.6) is 0 Å². The standard InChI is InChI=1S/C21H30ClN3O6S/c1-14(2)12-16(23)20(27)24-17(13-15-6-4-3-5-7-15)19(26)18(22)21(28)32(29,30)25-8-10-31-11-9-25/h3-7,14,16-18H,8-13,23H2,1-2H3,(H,24,27)/t16-,17-,18?/m0/s1. The predicted octanol–water partition coefficient (Wildman–Crippen LogP) is 0.452. The number of carbonyl (C=O) groups excluding carboxylic acids is 3. The summed E-state index contributed by atoms with van der Waals surface area (Å²) >= 11 is 6.08. The Morgan fingerprint density at radius 2 is 1.75 bits per heavy atom. The van der Waals surface area contributed by atoms with Crippen LogP contribution in [0.25, 0.3) is 0 Å². The first-order valence-corrected chi connectivity index (χ1v) is 12.3. The van der Waals surface area contributed by atoms with Gasteiger partial charge in [0.05, 0.1) is 25.3 Å². The van der Waals surface area contributed by atoms with Crippen LogP contribution in [0.2, 0.25) is 0 Å². The highest BCUT2D eigenvalue weighted by molar-refractivity contribution is 8.04. The number of Topliss-reactive ketones (excluding diaryl/α,β-unsaturated/α-hetero) is 1. The molecule has 1 heterocycles. The maximum Gasteiger partial charge on any atom is 0.286 e. The van der Waals surface area contributed by atoms with E-state index in [2.05, 4.69) is 5.32 Å². The number of hydrogen-bond acceptors (Lipinski definition) is 7. The molecule has 1 aliphatic heterocycles. The van der Waals surface area contributed by atoms with E-state index in [1.807, 2.05) is 13.8 Å². The van der Waals surface area contributed by atoms with Crippen LogP contribution in [0.3, 0.4) is 0 Å². The summed E-state index contributed by atoms with van der Waals surface area (Å²) in [6.07, 6.45) is 0.431. The summed E-state index contributed by atoms with van der Waals surface area (Å²) in [7, 11) is -4.45. The van der Waals surface area contributed by atoms with Gasteiger partial charge in [0.1, 0.15) is 0 Å². The van der Waals surface area contributed by atoms with Gasteiger partial charge < -0.3 is 15.8 Å². The minimum Gasteiger partial charge on any atom is -0.379 e. The van der Waals surface area contributed by atoms with Crippen molar-refractivity contribution in [1.29, 1.82) is 0 Å². The number of alkyl halides is 1. The second-order valence-electron chi connectivity index (χ2n) is 8.09. The SMILES string of the molecule is CC(C)C[C@H](N)C(=O)N[C@@H](Cc1ccccc1)C(=O)C(Cl)C(=O)S(=O)(=O)N1CCOCC1. The number of ether oxygens (including phenoxy) is 1. The second kappa shape index (κ2) is 11.9. The van der Waals surface area contributed by atoms with Gasteiger partial charge in [0.2, 0.25) is 5.91 Å². The van der Waals surface area contributed by atoms with Crippen LogP contribution in [0.15, 0.2) is 30.3 Å². The molecule has 1 saturated heterocycles. The first-order valence-electron chi connectivity index (χ1n) is 10.4. The third-order valence-corrected chi connectivity index (χ3v) is 7.36. The summed E-state index contributed by atoms with van der Waals surface area (Å²) in [4.78, 5) is 38.3. The maximum atomic E-state index is 13.1. The van der Waals surface area contributed by atoms with Crippen LogP contribution in [0.1, 0.15) is 25.8 Å². The molecule has 178 valence electrons. The molecule has 1 unspecified atom stereocenters. The van der Waals surface area contributed by atoms with Crippen molar-refractivity contribution in [3.63, 3.8) is 0 Å². The molecule has 0 spiro atoms. The Hall–Kier alpha value is -1.85. The lowest BCUT2D eigenvalue weighted by molar-refractivity contribution is -0.130. The fraction of sp³-hybridized carbons (Fsp3) is 0.571. The van der Waals surface area contributed by atoms with Crippen molar-refractivity contribution in [3.05, 3.63) is 35.9 Å². The molecule has 1 fully saturated rings. The van der Waals surface area contributed by atoms with E-state index in [1.54, 1.807) is 30.3 Å². The Morgan fingerprint density at radius 3 is 2.31 bits per heavy atom. The normalized spacial score (nSPS) is 18.0. The molecule has 1 aromatic rings. The van der Waals surface area contributed by atoms with Crippen molar-refractivity contribution < 1.29 is 27.5 Å². The van der Waals surface area contributed by atoms with Crippen molar-refractivity contribution in [2.24, 2.45) is 11.7 Å². The van der Waals surface area contributed by atoms with E-state index in [0.29, 0.717) is 12.0 Å². The van der Waals surface area contributed by atoms with E-state index >= 15 is 0 Å². The Labute approximate surface area is 193 Å². The Kier molecular flexibility index (Phi) is 9.78. The molecule has 0 aromatic heterocycles. The molecular weight excluding hydrogens is 458 g/mol. The summed E-state index contributed by atoms with van der Waals surface area (Å²) in [5.74, 6) is -1.32. The number of hydrogen-bond donors (Lipinski definition) is 2. The fourth-order valence-corrected chi connectivity index (χ4v) is 5.06. The zero-order valence-corrected chi connectivity index (χ0v) is 19.8. The molecule has 0 aliphatic carbocycles. The summed E-state index contributed by atoms with van der Waals surface area (Å²) in [6.45, 7) is 4.11. The number of nitrogens with one attached hydrogen (secondary N) is 1. The number of amides is 1. The maximum absolute atomic E-state index is 13.1. The van der Waals surface area contributed by atoms with Crippen LogP contribution in [-0.4, -0.2) is 73.3 Å². The van der Waals surface area contributed by atoms with Crippen LogP contribution >= 0.6 is 11.6 Å². The number of morpholine rings is 1. The van der Waals surface area contributed by atoms with Crippen molar-refractivity contribution in [2.75, 3.05) is 26.3 Å². The van der Waals surface area contributed by atoms with Gasteiger partial charge >= 0.3 is 0 Å². The number of carbonyl (C=O) groups is 3. The van der Waals surface area contributed by atoms with Gasteiger partial charge in [0.25, 0.3) is 15.1 Å². The summed E-state index contributed by atoms with van der Waals surface area (Å²) < 4.78 is 31.3. The van der Waals surface area contributed by atoms with Crippen molar-refractivity contribution in [1.82, 2.24) is 9.62 Å². The molecular formula is C21H30ClN3O6S. The number of nitrogens with zero attached hydrogens (tertiary/aromatic N) is 1. The third kappa shape index (κ3) is 7.08. The van der Waals surface area contributed by atoms with Crippen molar-refractivity contribution >= 4 is 38.4 Å². The van der Waals surface area contributed by atoms with E-state index in [1.165, 1.54) is 0 Å². The van der Waals surface area contributed by atoms with Crippen LogP contribution in [0.4, 0.5) is 0 Å². The monoisotopic (exact) mass is 487 g/mol. The van der Waals surface area contributed by atoms with Gasteiger partial charge in [-0.05, 0) is 24.3 Å². The number of benzene rings is 1. The molecule has 1 aromatic carbocycles. The predicted molar refractivity (Wildman–Crippen MR) is 120 cm³/mol. The van der Waals surface area contributed by atoms with Crippen LogP contribution in [-0.2, 0) is 35.6 Å². The molecule has 3 N–H and O–H groups in total. The largest absolute Gasteiger partial charge is 0.379 e. The lowest BCUT2D eigenvalue weighted by Gasteiger charge is -2.27. The van der Waals surface area contributed by atoms with E-state index in [4.69, 9.17) is 22.1 Å². The van der Waals surface area contributed by atoms with E-state index in [9.17, 15) is 22.8 Å². The topological polar surface area (TPSA) is 136 Å². The Balaban J connectivity index is 2.21. The van der Waals surface area contributed by atoms with Crippen molar-refractivity contribution in [3.8, 4) is 0 Å². The van der Waals surface area contributed by atoms with Gasteiger partial charge in [0.15, 0.2) is 11.2 Å². The number of rotatable bonds is 10. The van der Waals surface area contributed by atoms with Gasteiger partial charge in [-0.25, -0.2) is 8.42 Å². The number of ketones is 1. The van der Waals surface area contributed by atoms with Crippen LogP contribution in [0, 0.1) is 5.92 Å². The van der Waals surface area contributed by atoms with Gasteiger partial charge in [-0.2, -0.15) is 4.31 Å². The molecule has 3 atom stereocenters. The van der Waals surface area contributed by atoms with E-state index < -0.39 is 44.3 Å². The zero-order chi connectivity index (χ0) is 23.9. The zero-order valence-electron chi connectivity index (χ0n) is 18.2. The first kappa shape index (κ1) is 26.4. The number of nitrogens with two attached hydrogens (primary N) is 1. The lowest BCUT2D eigenvalue weighted by atomic mass is 9.99. The fourth-order valence-electron chi connectivity index (χ4n) is 3.30. The summed E-state index contributed by atoms with van der Waals surface area (Å²) in [5.41, 5.74) is 6.63. The van der Waals surface area contributed by atoms with Gasteiger partial charge in [0, 0.05) is 13.1 Å². The Bertz CT molecular complexity index is 903. The lowest BCUT2D eigenvalue weighted by Crippen LogP contribution is -2.54. The molecule has 9 nitrogen and oxygen atoms in total. The Morgan fingerprint density at radius 1 is 1.16 bits per heavy atom. The molecule has 1 aliphatic rings. The van der Waals surface area contributed by atoms with E-state index in [-0.39, 0.29) is 38.6 Å². The first-order chi connectivity index (χ1) is 15.0. The third-order valence-electron chi connectivity index (χ3n) is 5.03. The minimum atomic E-state index is -4.45. The molecule has 0 bridgehead atoms. The summed E-state index contributed by atoms with van der Waals surface area (Å²) in [5, 5.41) is -0.827. The molecule has 2 rings (SSSR count). The second-order valence-corrected chi connectivity index (χ2v) is 10.4. The highest BCUT2D eigenvalue weighted by atomic mass is 35.5. The van der Waals surface area contributed by atoms with Gasteiger partial charge in [-0.1, -0.05) is 44.2 Å². The van der Waals surface area contributed by atoms with Crippen LogP contribution < -0.4 is 11.1 Å². The van der Waals surface area contributed by atoms with Gasteiger partial charge in [-0.15, -0.1) is 11.6 Å². The molecule has 1 amide bonds. The average Bonchev–Trinajstić information content (AvgIpc) is 2.77. The average molecular weight is 488 g/mol. The van der Waals surface area contributed by atoms with Gasteiger partial charge in [-0.3, -0.25) is 14.4 Å². The molecule has 11 heteroatoms. The van der Waals surface area contributed by atoms with E-state index in [0.717, 1.165) is 4.31 Å². The number of halogens is 1. The highest BCUT2D eigenvalue weighted by Gasteiger charge is 2.42. The number of sulfonamides is 1. The molecule has 0 radical (unpaired) electrons. The quantitative estimate of drug-likeness (QED) is 0.361. The highest BCUT2D eigenvalue weighted by Crippen LogP contribution is 2.16. The minimum absolute atomic E-state index is 0.000107. The van der Waals surface area contributed by atoms with Crippen molar-refractivity contribution in [2.45, 2.75) is 44.1 Å². The smallest absolute Gasteiger partial charge is 0.286 e. The molecule has 32 heavy (non-hydrogen) atoms.